The van der Waals surface area contributed by atoms with E-state index in [4.69, 9.17) is 4.98 Å². The number of hydrogen-bond donors (Lipinski definition) is 2. The number of aryl methyl sites for hydroxylation is 2. The first kappa shape index (κ1) is 25.4. The van der Waals surface area contributed by atoms with E-state index in [0.29, 0.717) is 18.7 Å². The van der Waals surface area contributed by atoms with Gasteiger partial charge in [0.2, 0.25) is 11.3 Å². The highest BCUT2D eigenvalue weighted by Crippen LogP contribution is 2.24. The van der Waals surface area contributed by atoms with Crippen LogP contribution in [0.3, 0.4) is 0 Å². The number of anilines is 1. The molecule has 0 saturated carbocycles. The summed E-state index contributed by atoms with van der Waals surface area (Å²) < 4.78 is 3.09. The van der Waals surface area contributed by atoms with Crippen LogP contribution in [-0.4, -0.2) is 20.6 Å². The Morgan fingerprint density at radius 2 is 1.66 bits per heavy atom. The minimum absolute atomic E-state index is 0.0508. The van der Waals surface area contributed by atoms with Gasteiger partial charge in [-0.3, -0.25) is 9.59 Å². The molecule has 0 aliphatic carbocycles. The molecule has 0 atom stereocenters. The van der Waals surface area contributed by atoms with Gasteiger partial charge in [-0.2, -0.15) is 0 Å². The van der Waals surface area contributed by atoms with Gasteiger partial charge in [-0.05, 0) is 60.7 Å². The number of carbonyl (C=O) groups excluding carboxylic acids is 1. The van der Waals surface area contributed by atoms with Crippen molar-refractivity contribution in [2.24, 2.45) is 0 Å². The van der Waals surface area contributed by atoms with Gasteiger partial charge in [0.25, 0.3) is 0 Å². The molecule has 192 valence electrons. The minimum atomic E-state index is -0.351. The van der Waals surface area contributed by atoms with E-state index in [2.05, 4.69) is 23.5 Å². The molecule has 3 aromatic carbocycles. The molecule has 2 N–H and O–H groups in total. The third-order valence-corrected chi connectivity index (χ3v) is 7.63. The number of rotatable bonds is 9. The topological polar surface area (TPSA) is 84.2 Å². The Kier molecular flexibility index (Phi) is 7.65. The molecule has 0 spiro atoms. The van der Waals surface area contributed by atoms with Crippen molar-refractivity contribution in [2.75, 3.05) is 5.32 Å². The van der Waals surface area contributed by atoms with Crippen LogP contribution in [0.2, 0.25) is 0 Å². The van der Waals surface area contributed by atoms with Gasteiger partial charge in [0.15, 0.2) is 5.75 Å². The Morgan fingerprint density at radius 3 is 2.42 bits per heavy atom. The van der Waals surface area contributed by atoms with E-state index >= 15 is 0 Å². The summed E-state index contributed by atoms with van der Waals surface area (Å²) in [5.41, 5.74) is 5.35. The SMILES string of the molecule is Cc1c(O)c(=O)ccn1CCCc1ccc(CC(=O)Nc2ccc(Cc3nc4ccccc4s3)cc2)cc1. The summed E-state index contributed by atoms with van der Waals surface area (Å²) in [6.45, 7) is 2.46. The van der Waals surface area contributed by atoms with Crippen molar-refractivity contribution >= 4 is 33.1 Å². The molecule has 0 bridgehead atoms. The quantitative estimate of drug-likeness (QED) is 0.253. The molecule has 0 aliphatic rings. The summed E-state index contributed by atoms with van der Waals surface area (Å²) in [6, 6.07) is 25.6. The molecule has 1 amide bonds. The van der Waals surface area contributed by atoms with E-state index in [0.717, 1.165) is 46.6 Å². The van der Waals surface area contributed by atoms with Crippen LogP contribution >= 0.6 is 11.3 Å². The summed E-state index contributed by atoms with van der Waals surface area (Å²) in [5.74, 6) is -0.235. The first-order valence-electron chi connectivity index (χ1n) is 12.6. The predicted molar refractivity (Wildman–Crippen MR) is 153 cm³/mol. The Morgan fingerprint density at radius 1 is 0.947 bits per heavy atom. The van der Waals surface area contributed by atoms with E-state index < -0.39 is 0 Å². The predicted octanol–water partition coefficient (Wildman–Crippen LogP) is 5.88. The monoisotopic (exact) mass is 523 g/mol. The van der Waals surface area contributed by atoms with E-state index in [1.807, 2.05) is 59.2 Å². The number of benzene rings is 3. The van der Waals surface area contributed by atoms with Gasteiger partial charge in [-0.25, -0.2) is 4.98 Å². The van der Waals surface area contributed by atoms with Crippen LogP contribution in [0.1, 0.15) is 33.8 Å². The Balaban J connectivity index is 1.09. The lowest BCUT2D eigenvalue weighted by Gasteiger charge is -2.11. The Bertz CT molecular complexity index is 1590. The average molecular weight is 524 g/mol. The smallest absolute Gasteiger partial charge is 0.228 e. The number of thiazole rings is 1. The van der Waals surface area contributed by atoms with Crippen molar-refractivity contribution in [1.82, 2.24) is 9.55 Å². The Labute approximate surface area is 225 Å². The first-order valence-corrected chi connectivity index (χ1v) is 13.5. The molecular formula is C31H29N3O3S. The van der Waals surface area contributed by atoms with Gasteiger partial charge in [0, 0.05) is 30.9 Å². The Hall–Kier alpha value is -4.23. The largest absolute Gasteiger partial charge is 0.503 e. The zero-order valence-electron chi connectivity index (χ0n) is 21.2. The zero-order valence-corrected chi connectivity index (χ0v) is 22.0. The maximum absolute atomic E-state index is 12.6. The lowest BCUT2D eigenvalue weighted by Crippen LogP contribution is -2.14. The van der Waals surface area contributed by atoms with Crippen LogP contribution in [0.5, 0.6) is 5.75 Å². The number of aromatic nitrogens is 2. The van der Waals surface area contributed by atoms with E-state index in [1.165, 1.54) is 16.3 Å². The van der Waals surface area contributed by atoms with Gasteiger partial charge in [0.05, 0.1) is 27.3 Å². The van der Waals surface area contributed by atoms with Crippen molar-refractivity contribution in [1.29, 1.82) is 0 Å². The number of fused-ring (bicyclic) bond motifs is 1. The second-order valence-electron chi connectivity index (χ2n) is 9.40. The molecular weight excluding hydrogens is 494 g/mol. The van der Waals surface area contributed by atoms with Crippen molar-refractivity contribution in [3.8, 4) is 5.75 Å². The number of hydrogen-bond acceptors (Lipinski definition) is 5. The highest BCUT2D eigenvalue weighted by molar-refractivity contribution is 7.18. The first-order chi connectivity index (χ1) is 18.4. The molecule has 0 radical (unpaired) electrons. The van der Waals surface area contributed by atoms with Crippen LogP contribution in [0.4, 0.5) is 5.69 Å². The van der Waals surface area contributed by atoms with Crippen molar-refractivity contribution < 1.29 is 9.90 Å². The van der Waals surface area contributed by atoms with Crippen LogP contribution in [0.15, 0.2) is 89.9 Å². The molecule has 0 fully saturated rings. The maximum atomic E-state index is 12.6. The van der Waals surface area contributed by atoms with Crippen molar-refractivity contribution in [2.45, 2.75) is 39.2 Å². The summed E-state index contributed by atoms with van der Waals surface area (Å²) in [4.78, 5) is 28.8. The summed E-state index contributed by atoms with van der Waals surface area (Å²) in [5, 5.41) is 13.9. The molecule has 6 nitrogen and oxygen atoms in total. The van der Waals surface area contributed by atoms with Crippen molar-refractivity contribution in [3.63, 3.8) is 0 Å². The molecule has 2 heterocycles. The van der Waals surface area contributed by atoms with E-state index in [9.17, 15) is 14.7 Å². The van der Waals surface area contributed by atoms with Gasteiger partial charge in [-0.15, -0.1) is 11.3 Å². The lowest BCUT2D eigenvalue weighted by molar-refractivity contribution is -0.115. The van der Waals surface area contributed by atoms with Crippen LogP contribution < -0.4 is 10.7 Å². The lowest BCUT2D eigenvalue weighted by atomic mass is 10.1. The van der Waals surface area contributed by atoms with Crippen LogP contribution in [0.25, 0.3) is 10.2 Å². The van der Waals surface area contributed by atoms with Gasteiger partial charge >= 0.3 is 0 Å². The fourth-order valence-electron chi connectivity index (χ4n) is 4.45. The van der Waals surface area contributed by atoms with Crippen LogP contribution in [0, 0.1) is 6.92 Å². The molecule has 0 saturated heterocycles. The molecule has 2 aromatic heterocycles. The fourth-order valence-corrected chi connectivity index (χ4v) is 5.45. The highest BCUT2D eigenvalue weighted by atomic mass is 32.1. The number of para-hydroxylation sites is 1. The number of carbonyl (C=O) groups is 1. The van der Waals surface area contributed by atoms with E-state index in [-0.39, 0.29) is 17.1 Å². The number of nitrogens with zero attached hydrogens (tertiary/aromatic N) is 2. The number of nitrogens with one attached hydrogen (secondary N) is 1. The fraction of sp³-hybridized carbons (Fsp3) is 0.194. The molecule has 5 rings (SSSR count). The van der Waals surface area contributed by atoms with E-state index in [1.54, 1.807) is 24.5 Å². The second-order valence-corrected chi connectivity index (χ2v) is 10.5. The number of amides is 1. The standard InChI is InChI=1S/C31H29N3O3S/c1-21-31(37)27(35)16-18-34(21)17-4-5-22-8-10-23(11-9-22)19-29(36)32-25-14-12-24(13-15-25)20-30-33-26-6-2-3-7-28(26)38-30/h2-3,6-16,18,37H,4-5,17,19-20H2,1H3,(H,32,36). The molecule has 38 heavy (non-hydrogen) atoms. The number of pyridine rings is 1. The van der Waals surface area contributed by atoms with Gasteiger partial charge in [-0.1, -0.05) is 48.5 Å². The summed E-state index contributed by atoms with van der Waals surface area (Å²) in [6.07, 6.45) is 4.53. The van der Waals surface area contributed by atoms with Crippen LogP contribution in [-0.2, 0) is 30.6 Å². The molecule has 7 heteroatoms. The zero-order chi connectivity index (χ0) is 26.5. The average Bonchev–Trinajstić information content (AvgIpc) is 3.33. The normalized spacial score (nSPS) is 11.1. The summed E-state index contributed by atoms with van der Waals surface area (Å²) >= 11 is 1.71. The molecule has 0 unspecified atom stereocenters. The maximum Gasteiger partial charge on any atom is 0.228 e. The van der Waals surface area contributed by atoms with Crippen molar-refractivity contribution in [3.05, 3.63) is 123 Å². The molecule has 5 aromatic rings. The minimum Gasteiger partial charge on any atom is -0.503 e. The summed E-state index contributed by atoms with van der Waals surface area (Å²) in [7, 11) is 0. The number of aromatic hydroxyl groups is 1. The highest BCUT2D eigenvalue weighted by Gasteiger charge is 2.08. The van der Waals surface area contributed by atoms with Gasteiger partial charge in [0.1, 0.15) is 0 Å². The molecule has 0 aliphatic heterocycles. The third kappa shape index (κ3) is 6.18. The third-order valence-electron chi connectivity index (χ3n) is 6.60. The second kappa shape index (κ2) is 11.4. The van der Waals surface area contributed by atoms with Gasteiger partial charge < -0.3 is 15.0 Å².